The Morgan fingerprint density at radius 1 is 0.920 bits per heavy atom. The summed E-state index contributed by atoms with van der Waals surface area (Å²) in [5, 5.41) is 34.7. The van der Waals surface area contributed by atoms with Gasteiger partial charge in [0.25, 0.3) is 0 Å². The van der Waals surface area contributed by atoms with Gasteiger partial charge < -0.3 is 19.7 Å². The van der Waals surface area contributed by atoms with Crippen molar-refractivity contribution in [2.45, 2.75) is 0 Å². The van der Waals surface area contributed by atoms with E-state index >= 15 is 0 Å². The number of nitrogens with zero attached hydrogens (tertiary/aromatic N) is 2. The highest BCUT2D eigenvalue weighted by molar-refractivity contribution is 9.10. The van der Waals surface area contributed by atoms with Gasteiger partial charge in [-0.05, 0) is 44.5 Å². The van der Waals surface area contributed by atoms with E-state index in [1.807, 2.05) is 0 Å². The van der Waals surface area contributed by atoms with E-state index in [0.717, 1.165) is 18.2 Å². The van der Waals surface area contributed by atoms with Crippen molar-refractivity contribution in [1.82, 2.24) is 0 Å². The Hall–Kier alpha value is -3.27. The summed E-state index contributed by atoms with van der Waals surface area (Å²) >= 11 is 3.02. The molecule has 0 saturated carbocycles. The first kappa shape index (κ1) is 16.6. The van der Waals surface area contributed by atoms with Crippen LogP contribution >= 0.6 is 15.9 Å². The number of hydrogen-bond donors (Lipinski definition) is 3. The SMILES string of the molecule is O=Nc1cc(-c2cc(=O)c3ccc(N=O)c(O)c3o2)c(Br)c(O)c1O. The molecule has 10 heteroatoms. The second-order valence-corrected chi connectivity index (χ2v) is 5.71. The minimum absolute atomic E-state index is 0.00140. The molecule has 0 atom stereocenters. The van der Waals surface area contributed by atoms with E-state index in [1.54, 1.807) is 0 Å². The van der Waals surface area contributed by atoms with Gasteiger partial charge in [0.15, 0.2) is 39.6 Å². The molecule has 126 valence electrons. The highest BCUT2D eigenvalue weighted by atomic mass is 79.9. The molecule has 0 unspecified atom stereocenters. The van der Waals surface area contributed by atoms with Crippen LogP contribution in [0.1, 0.15) is 0 Å². The topological polar surface area (TPSA) is 150 Å². The van der Waals surface area contributed by atoms with Gasteiger partial charge in [0.1, 0.15) is 5.76 Å². The molecule has 0 radical (unpaired) electrons. The fourth-order valence-corrected chi connectivity index (χ4v) is 2.77. The van der Waals surface area contributed by atoms with E-state index in [2.05, 4.69) is 26.3 Å². The highest BCUT2D eigenvalue weighted by Gasteiger charge is 2.21. The molecule has 9 nitrogen and oxygen atoms in total. The second-order valence-electron chi connectivity index (χ2n) is 4.92. The van der Waals surface area contributed by atoms with E-state index in [9.17, 15) is 29.9 Å². The zero-order valence-electron chi connectivity index (χ0n) is 12.1. The number of hydrogen-bond acceptors (Lipinski definition) is 9. The van der Waals surface area contributed by atoms with Crippen molar-refractivity contribution in [1.29, 1.82) is 0 Å². The van der Waals surface area contributed by atoms with Gasteiger partial charge >= 0.3 is 0 Å². The average Bonchev–Trinajstić information content (AvgIpc) is 2.61. The van der Waals surface area contributed by atoms with Gasteiger partial charge in [0.05, 0.1) is 9.86 Å². The monoisotopic (exact) mass is 406 g/mol. The minimum atomic E-state index is -0.746. The zero-order chi connectivity index (χ0) is 18.3. The maximum absolute atomic E-state index is 12.3. The predicted molar refractivity (Wildman–Crippen MR) is 91.5 cm³/mol. The summed E-state index contributed by atoms with van der Waals surface area (Å²) in [5.74, 6) is -2.20. The molecular weight excluding hydrogens is 400 g/mol. The summed E-state index contributed by atoms with van der Waals surface area (Å²) in [7, 11) is 0. The van der Waals surface area contributed by atoms with Crippen LogP contribution < -0.4 is 5.43 Å². The fourth-order valence-electron chi connectivity index (χ4n) is 2.27. The van der Waals surface area contributed by atoms with Crippen molar-refractivity contribution in [2.24, 2.45) is 10.4 Å². The summed E-state index contributed by atoms with van der Waals surface area (Å²) < 4.78 is 5.40. The van der Waals surface area contributed by atoms with Crippen molar-refractivity contribution in [2.75, 3.05) is 0 Å². The first-order chi connectivity index (χ1) is 11.9. The molecule has 3 rings (SSSR count). The van der Waals surface area contributed by atoms with E-state index < -0.39 is 28.4 Å². The Balaban J connectivity index is 2.39. The first-order valence-electron chi connectivity index (χ1n) is 6.60. The summed E-state index contributed by atoms with van der Waals surface area (Å²) in [6.45, 7) is 0. The van der Waals surface area contributed by atoms with Crippen LogP contribution in [-0.4, -0.2) is 15.3 Å². The van der Waals surface area contributed by atoms with Gasteiger partial charge in [0.2, 0.25) is 0 Å². The summed E-state index contributed by atoms with van der Waals surface area (Å²) in [5.41, 5.74) is -1.63. The summed E-state index contributed by atoms with van der Waals surface area (Å²) in [4.78, 5) is 33.7. The van der Waals surface area contributed by atoms with Crippen LogP contribution in [0.3, 0.4) is 0 Å². The molecule has 0 aliphatic carbocycles. The number of fused-ring (bicyclic) bond motifs is 1. The third-order valence-corrected chi connectivity index (χ3v) is 4.31. The number of phenolic OH excluding ortho intramolecular Hbond substituents is 3. The van der Waals surface area contributed by atoms with E-state index in [4.69, 9.17) is 4.42 Å². The number of benzene rings is 2. The molecule has 2 aromatic carbocycles. The summed E-state index contributed by atoms with van der Waals surface area (Å²) in [6.07, 6.45) is 0. The van der Waals surface area contributed by atoms with E-state index in [1.165, 1.54) is 6.07 Å². The van der Waals surface area contributed by atoms with Crippen molar-refractivity contribution in [3.63, 3.8) is 0 Å². The molecule has 0 aliphatic rings. The third kappa shape index (κ3) is 2.52. The Kier molecular flexibility index (Phi) is 3.97. The Bertz CT molecular complexity index is 1110. The Morgan fingerprint density at radius 3 is 2.24 bits per heavy atom. The van der Waals surface area contributed by atoms with Gasteiger partial charge in [-0.3, -0.25) is 4.79 Å². The van der Waals surface area contributed by atoms with Crippen LogP contribution in [-0.2, 0) is 0 Å². The lowest BCUT2D eigenvalue weighted by Crippen LogP contribution is -2.00. The van der Waals surface area contributed by atoms with Crippen molar-refractivity contribution >= 4 is 38.3 Å². The van der Waals surface area contributed by atoms with Gasteiger partial charge in [-0.2, -0.15) is 0 Å². The number of aromatic hydroxyl groups is 3. The molecule has 0 saturated heterocycles. The van der Waals surface area contributed by atoms with E-state index in [-0.39, 0.29) is 32.5 Å². The lowest BCUT2D eigenvalue weighted by atomic mass is 10.1. The van der Waals surface area contributed by atoms with Crippen LogP contribution in [0.5, 0.6) is 17.2 Å². The van der Waals surface area contributed by atoms with Crippen LogP contribution in [0.4, 0.5) is 11.4 Å². The molecule has 3 N–H and O–H groups in total. The highest BCUT2D eigenvalue weighted by Crippen LogP contribution is 2.47. The molecule has 25 heavy (non-hydrogen) atoms. The van der Waals surface area contributed by atoms with Crippen LogP contribution in [0.15, 0.2) is 48.3 Å². The molecule has 1 aromatic heterocycles. The lowest BCUT2D eigenvalue weighted by Gasteiger charge is -2.10. The average molecular weight is 407 g/mol. The van der Waals surface area contributed by atoms with E-state index in [0.29, 0.717) is 0 Å². The normalized spacial score (nSPS) is 10.8. The zero-order valence-corrected chi connectivity index (χ0v) is 13.6. The van der Waals surface area contributed by atoms with Crippen molar-refractivity contribution in [3.05, 3.63) is 48.8 Å². The smallest absolute Gasteiger partial charge is 0.193 e. The molecule has 0 aliphatic heterocycles. The van der Waals surface area contributed by atoms with Gasteiger partial charge in [-0.15, -0.1) is 9.81 Å². The number of rotatable bonds is 3. The second kappa shape index (κ2) is 5.98. The molecular formula is C15H7BrN2O7. The van der Waals surface area contributed by atoms with Crippen molar-refractivity contribution in [3.8, 4) is 28.6 Å². The maximum Gasteiger partial charge on any atom is 0.193 e. The van der Waals surface area contributed by atoms with Crippen LogP contribution in [0, 0.1) is 9.81 Å². The number of phenols is 3. The number of halogens is 1. The fraction of sp³-hybridized carbons (Fsp3) is 0. The molecule has 0 bridgehead atoms. The number of nitroso groups, excluding NO2 is 2. The van der Waals surface area contributed by atoms with Crippen LogP contribution in [0.2, 0.25) is 0 Å². The molecule has 1 heterocycles. The van der Waals surface area contributed by atoms with Crippen LogP contribution in [0.25, 0.3) is 22.3 Å². The Labute approximate surface area is 146 Å². The Morgan fingerprint density at radius 2 is 1.60 bits per heavy atom. The molecule has 0 amide bonds. The quantitative estimate of drug-likeness (QED) is 0.436. The first-order valence-corrected chi connectivity index (χ1v) is 7.39. The van der Waals surface area contributed by atoms with Gasteiger partial charge in [0, 0.05) is 11.6 Å². The van der Waals surface area contributed by atoms with Gasteiger partial charge in [-0.1, -0.05) is 0 Å². The minimum Gasteiger partial charge on any atom is -0.503 e. The standard InChI is InChI=1S/C15H7BrN2O7/c16-11-6(3-8(18-24)12(20)14(11)22)10-4-9(19)5-1-2-7(17-23)13(21)15(5)25-10/h1-4,20-22H. The molecule has 3 aromatic rings. The molecule has 0 spiro atoms. The summed E-state index contributed by atoms with van der Waals surface area (Å²) in [6, 6.07) is 4.57. The third-order valence-electron chi connectivity index (χ3n) is 3.50. The predicted octanol–water partition coefficient (Wildman–Crippen LogP) is 4.14. The largest absolute Gasteiger partial charge is 0.503 e. The molecule has 0 fully saturated rings. The maximum atomic E-state index is 12.3. The lowest BCUT2D eigenvalue weighted by molar-refractivity contribution is 0.402. The van der Waals surface area contributed by atoms with Gasteiger partial charge in [-0.25, -0.2) is 0 Å². The van der Waals surface area contributed by atoms with Crippen molar-refractivity contribution < 1.29 is 19.7 Å².